The van der Waals surface area contributed by atoms with Crippen LogP contribution in [0.15, 0.2) is 11.1 Å². The van der Waals surface area contributed by atoms with Crippen molar-refractivity contribution in [1.82, 2.24) is 0 Å². The molecular weight excluding hydrogens is 217 g/mol. The van der Waals surface area contributed by atoms with Gasteiger partial charge >= 0.3 is 6.18 Å². The predicted octanol–water partition coefficient (Wildman–Crippen LogP) is 3.56. The molecule has 0 radical (unpaired) electrons. The number of nitrogens with one attached hydrogen (secondary N) is 1. The van der Waals surface area contributed by atoms with Gasteiger partial charge in [0.2, 0.25) is 0 Å². The van der Waals surface area contributed by atoms with Crippen molar-refractivity contribution in [3.05, 3.63) is 11.1 Å². The van der Waals surface area contributed by atoms with Crippen LogP contribution in [0.2, 0.25) is 0 Å². The second-order valence-corrected chi connectivity index (χ2v) is 3.70. The van der Waals surface area contributed by atoms with Crippen LogP contribution in [-0.4, -0.2) is 17.8 Å². The van der Waals surface area contributed by atoms with E-state index in [0.717, 1.165) is 6.92 Å². The van der Waals surface area contributed by atoms with Gasteiger partial charge in [0.1, 0.15) is 5.71 Å². The molecule has 0 amide bonds. The molecule has 15 heavy (non-hydrogen) atoms. The van der Waals surface area contributed by atoms with Gasteiger partial charge in [0, 0.05) is 11.5 Å². The Kier molecular flexibility index (Phi) is 2.65. The molecule has 1 nitrogen and oxygen atoms in total. The van der Waals surface area contributed by atoms with E-state index < -0.39 is 41.3 Å². The molecule has 0 fully saturated rings. The molecule has 0 aromatic carbocycles. The van der Waals surface area contributed by atoms with E-state index >= 15 is 0 Å². The quantitative estimate of drug-likeness (QED) is 0.523. The van der Waals surface area contributed by atoms with Crippen LogP contribution in [0.1, 0.15) is 20.3 Å². The zero-order chi connectivity index (χ0) is 12.0. The van der Waals surface area contributed by atoms with Gasteiger partial charge in [0.05, 0.1) is 0 Å². The fraction of sp³-hybridized carbons (Fsp3) is 0.667. The standard InChI is InChI=1S/C9H10F5N/c1-4-3-6(5(2)8(4,10)11)7(15)9(12,13)14/h4,15H,3H2,1-2H3. The molecule has 0 saturated carbocycles. The first-order valence-corrected chi connectivity index (χ1v) is 4.32. The lowest BCUT2D eigenvalue weighted by Crippen LogP contribution is -2.24. The fourth-order valence-corrected chi connectivity index (χ4v) is 1.62. The van der Waals surface area contributed by atoms with Crippen LogP contribution >= 0.6 is 0 Å². The number of alkyl halides is 5. The Hall–Kier alpha value is -0.940. The number of rotatable bonds is 1. The molecule has 1 rings (SSSR count). The third kappa shape index (κ3) is 1.89. The summed E-state index contributed by atoms with van der Waals surface area (Å²) in [5.74, 6) is -4.40. The Morgan fingerprint density at radius 2 is 1.87 bits per heavy atom. The van der Waals surface area contributed by atoms with Crippen LogP contribution in [0, 0.1) is 11.3 Å². The van der Waals surface area contributed by atoms with E-state index in [9.17, 15) is 22.0 Å². The molecule has 0 aliphatic heterocycles. The maximum Gasteiger partial charge on any atom is 0.432 e. The highest BCUT2D eigenvalue weighted by Crippen LogP contribution is 2.46. The summed E-state index contributed by atoms with van der Waals surface area (Å²) in [6.45, 7) is 2.14. The first-order valence-electron chi connectivity index (χ1n) is 4.32. The Balaban J connectivity index is 3.10. The van der Waals surface area contributed by atoms with Crippen molar-refractivity contribution in [2.24, 2.45) is 5.92 Å². The lowest BCUT2D eigenvalue weighted by molar-refractivity contribution is -0.0591. The minimum absolute atomic E-state index is 0.392. The van der Waals surface area contributed by atoms with Crippen molar-refractivity contribution in [3.8, 4) is 0 Å². The molecule has 1 aliphatic rings. The second kappa shape index (κ2) is 3.28. The van der Waals surface area contributed by atoms with E-state index in [0.29, 0.717) is 0 Å². The van der Waals surface area contributed by atoms with E-state index in [-0.39, 0.29) is 0 Å². The monoisotopic (exact) mass is 227 g/mol. The molecule has 6 heteroatoms. The summed E-state index contributed by atoms with van der Waals surface area (Å²) < 4.78 is 62.9. The number of allylic oxidation sites excluding steroid dienone is 2. The molecule has 0 aromatic heterocycles. The van der Waals surface area contributed by atoms with Crippen LogP contribution in [0.3, 0.4) is 0 Å². The largest absolute Gasteiger partial charge is 0.432 e. The molecule has 1 atom stereocenters. The van der Waals surface area contributed by atoms with Crippen LogP contribution in [0.5, 0.6) is 0 Å². The van der Waals surface area contributed by atoms with E-state index in [2.05, 4.69) is 0 Å². The molecule has 86 valence electrons. The normalized spacial score (nSPS) is 25.9. The minimum atomic E-state index is -4.85. The maximum absolute atomic E-state index is 13.2. The molecule has 1 unspecified atom stereocenters. The summed E-state index contributed by atoms with van der Waals surface area (Å²) in [4.78, 5) is 0. The summed E-state index contributed by atoms with van der Waals surface area (Å²) in [5, 5.41) is 6.82. The summed E-state index contributed by atoms with van der Waals surface area (Å²) >= 11 is 0. The van der Waals surface area contributed by atoms with Gasteiger partial charge in [-0.1, -0.05) is 6.92 Å². The number of hydrogen-bond acceptors (Lipinski definition) is 1. The van der Waals surface area contributed by atoms with Crippen LogP contribution in [0.25, 0.3) is 0 Å². The summed E-state index contributed by atoms with van der Waals surface area (Å²) in [5.41, 5.74) is -2.85. The van der Waals surface area contributed by atoms with Gasteiger partial charge in [-0.3, -0.25) is 5.41 Å². The SMILES string of the molecule is CC1=C(C(=N)C(F)(F)F)CC(C)C1(F)F. The highest BCUT2D eigenvalue weighted by molar-refractivity contribution is 6.03. The summed E-state index contributed by atoms with van der Waals surface area (Å²) in [6.07, 6.45) is -5.24. The van der Waals surface area contributed by atoms with Crippen molar-refractivity contribution in [2.45, 2.75) is 32.4 Å². The van der Waals surface area contributed by atoms with Crippen molar-refractivity contribution in [2.75, 3.05) is 0 Å². The average Bonchev–Trinajstić information content (AvgIpc) is 2.26. The smallest absolute Gasteiger partial charge is 0.296 e. The third-order valence-electron chi connectivity index (χ3n) is 2.67. The molecule has 0 bridgehead atoms. The zero-order valence-corrected chi connectivity index (χ0v) is 8.17. The highest BCUT2D eigenvalue weighted by atomic mass is 19.4. The van der Waals surface area contributed by atoms with Gasteiger partial charge in [0.15, 0.2) is 0 Å². The molecule has 0 aromatic rings. The van der Waals surface area contributed by atoms with Crippen molar-refractivity contribution in [3.63, 3.8) is 0 Å². The Labute approximate surface area is 83.5 Å². The lowest BCUT2D eigenvalue weighted by atomic mass is 10.0. The Morgan fingerprint density at radius 1 is 1.40 bits per heavy atom. The van der Waals surface area contributed by atoms with Crippen LogP contribution in [-0.2, 0) is 0 Å². The molecular formula is C9H10F5N. The molecule has 0 heterocycles. The fourth-order valence-electron chi connectivity index (χ4n) is 1.62. The predicted molar refractivity (Wildman–Crippen MR) is 45.2 cm³/mol. The Bertz CT molecular complexity index is 326. The van der Waals surface area contributed by atoms with E-state index in [1.54, 1.807) is 0 Å². The topological polar surface area (TPSA) is 23.9 Å². The molecule has 1 N–H and O–H groups in total. The van der Waals surface area contributed by atoms with Gasteiger partial charge in [-0.05, 0) is 18.9 Å². The maximum atomic E-state index is 13.2. The first-order chi connectivity index (χ1) is 6.58. The van der Waals surface area contributed by atoms with Gasteiger partial charge in [-0.15, -0.1) is 0 Å². The van der Waals surface area contributed by atoms with E-state index in [1.807, 2.05) is 0 Å². The van der Waals surface area contributed by atoms with Gasteiger partial charge < -0.3 is 0 Å². The van der Waals surface area contributed by atoms with Crippen LogP contribution in [0.4, 0.5) is 22.0 Å². The van der Waals surface area contributed by atoms with Gasteiger partial charge in [0.25, 0.3) is 5.92 Å². The van der Waals surface area contributed by atoms with E-state index in [4.69, 9.17) is 5.41 Å². The second-order valence-electron chi connectivity index (χ2n) is 3.70. The molecule has 0 saturated heterocycles. The first kappa shape index (κ1) is 12.1. The summed E-state index contributed by atoms with van der Waals surface area (Å²) in [7, 11) is 0. The molecule has 1 aliphatic carbocycles. The zero-order valence-electron chi connectivity index (χ0n) is 8.17. The van der Waals surface area contributed by atoms with Gasteiger partial charge in [-0.25, -0.2) is 8.78 Å². The average molecular weight is 227 g/mol. The van der Waals surface area contributed by atoms with E-state index in [1.165, 1.54) is 6.92 Å². The van der Waals surface area contributed by atoms with Crippen LogP contribution < -0.4 is 0 Å². The molecule has 0 spiro atoms. The van der Waals surface area contributed by atoms with Crippen molar-refractivity contribution in [1.29, 1.82) is 5.41 Å². The van der Waals surface area contributed by atoms with Crippen molar-refractivity contribution < 1.29 is 22.0 Å². The number of halogens is 5. The summed E-state index contributed by atoms with van der Waals surface area (Å²) in [6, 6.07) is 0. The van der Waals surface area contributed by atoms with Crippen molar-refractivity contribution >= 4 is 5.71 Å². The lowest BCUT2D eigenvalue weighted by Gasteiger charge is -2.16. The Morgan fingerprint density at radius 3 is 2.13 bits per heavy atom. The third-order valence-corrected chi connectivity index (χ3v) is 2.67. The number of hydrogen-bond donors (Lipinski definition) is 1. The van der Waals surface area contributed by atoms with Gasteiger partial charge in [-0.2, -0.15) is 13.2 Å². The minimum Gasteiger partial charge on any atom is -0.296 e. The highest BCUT2D eigenvalue weighted by Gasteiger charge is 2.50.